The van der Waals surface area contributed by atoms with Gasteiger partial charge in [-0.2, -0.15) is 0 Å². The first-order valence-corrected chi connectivity index (χ1v) is 8.95. The third-order valence-corrected chi connectivity index (χ3v) is 5.36. The standard InChI is InChI=1S/C24H18O4/c25-22(26)21-15-19(16-9-3-1-4-10-16)18-13-7-8-14-20(18)24(21,23(27)28)17-11-5-2-6-12-17/h1-15,21H,(H,25,26)(H,27,28). The van der Waals surface area contributed by atoms with Gasteiger partial charge in [0.15, 0.2) is 0 Å². The summed E-state index contributed by atoms with van der Waals surface area (Å²) in [5.74, 6) is -3.60. The first-order valence-electron chi connectivity index (χ1n) is 8.95. The maximum Gasteiger partial charge on any atom is 0.319 e. The highest BCUT2D eigenvalue weighted by Crippen LogP contribution is 2.49. The van der Waals surface area contributed by atoms with Gasteiger partial charge in [-0.05, 0) is 27.8 Å². The van der Waals surface area contributed by atoms with Crippen molar-refractivity contribution < 1.29 is 19.8 Å². The predicted molar refractivity (Wildman–Crippen MR) is 106 cm³/mol. The molecule has 1 aliphatic carbocycles. The summed E-state index contributed by atoms with van der Waals surface area (Å²) in [6.07, 6.45) is 1.58. The second-order valence-electron chi connectivity index (χ2n) is 6.79. The number of carbonyl (C=O) groups is 2. The highest BCUT2D eigenvalue weighted by atomic mass is 16.4. The van der Waals surface area contributed by atoms with E-state index in [0.717, 1.165) is 16.7 Å². The monoisotopic (exact) mass is 370 g/mol. The molecular weight excluding hydrogens is 352 g/mol. The van der Waals surface area contributed by atoms with Gasteiger partial charge in [-0.1, -0.05) is 91.0 Å². The smallest absolute Gasteiger partial charge is 0.319 e. The number of fused-ring (bicyclic) bond motifs is 1. The Balaban J connectivity index is 2.10. The molecule has 0 saturated carbocycles. The fraction of sp³-hybridized carbons (Fsp3) is 0.0833. The fourth-order valence-electron chi connectivity index (χ4n) is 4.14. The van der Waals surface area contributed by atoms with Crippen LogP contribution in [0.5, 0.6) is 0 Å². The number of carboxylic acid groups (broad SMARTS) is 2. The minimum Gasteiger partial charge on any atom is -0.481 e. The number of rotatable bonds is 4. The van der Waals surface area contributed by atoms with E-state index in [1.807, 2.05) is 42.5 Å². The van der Waals surface area contributed by atoms with Gasteiger partial charge >= 0.3 is 11.9 Å². The molecule has 4 heteroatoms. The second kappa shape index (κ2) is 6.82. The van der Waals surface area contributed by atoms with Crippen LogP contribution in [0.1, 0.15) is 22.3 Å². The summed E-state index contributed by atoms with van der Waals surface area (Å²) in [4.78, 5) is 25.0. The van der Waals surface area contributed by atoms with Crippen molar-refractivity contribution in [1.82, 2.24) is 0 Å². The van der Waals surface area contributed by atoms with Gasteiger partial charge < -0.3 is 10.2 Å². The molecule has 0 heterocycles. The molecule has 4 nitrogen and oxygen atoms in total. The Labute approximate surface area is 162 Å². The zero-order valence-electron chi connectivity index (χ0n) is 14.9. The van der Waals surface area contributed by atoms with Gasteiger partial charge in [0.1, 0.15) is 5.41 Å². The number of hydrogen-bond acceptors (Lipinski definition) is 2. The molecule has 4 rings (SSSR count). The van der Waals surface area contributed by atoms with E-state index >= 15 is 0 Å². The highest BCUT2D eigenvalue weighted by Gasteiger charge is 2.54. The topological polar surface area (TPSA) is 74.6 Å². The van der Waals surface area contributed by atoms with Crippen LogP contribution in [0.15, 0.2) is 91.0 Å². The molecule has 0 radical (unpaired) electrons. The van der Waals surface area contributed by atoms with E-state index < -0.39 is 23.3 Å². The number of benzene rings is 3. The van der Waals surface area contributed by atoms with Crippen LogP contribution in [-0.4, -0.2) is 22.2 Å². The van der Waals surface area contributed by atoms with Gasteiger partial charge in [0.05, 0.1) is 5.92 Å². The minimum absolute atomic E-state index is 0.450. The quantitative estimate of drug-likeness (QED) is 0.722. The normalized spacial score (nSPS) is 20.7. The Bertz CT molecular complexity index is 1070. The second-order valence-corrected chi connectivity index (χ2v) is 6.79. The molecule has 3 aromatic rings. The summed E-state index contributed by atoms with van der Waals surface area (Å²) >= 11 is 0. The molecule has 138 valence electrons. The zero-order chi connectivity index (χ0) is 19.7. The molecule has 2 unspecified atom stereocenters. The van der Waals surface area contributed by atoms with E-state index in [9.17, 15) is 19.8 Å². The molecule has 28 heavy (non-hydrogen) atoms. The molecule has 2 N–H and O–H groups in total. The van der Waals surface area contributed by atoms with Crippen molar-refractivity contribution in [2.75, 3.05) is 0 Å². The summed E-state index contributed by atoms with van der Waals surface area (Å²) in [6, 6.07) is 25.2. The minimum atomic E-state index is -1.71. The van der Waals surface area contributed by atoms with Crippen LogP contribution >= 0.6 is 0 Å². The maximum absolute atomic E-state index is 12.7. The first-order chi connectivity index (χ1) is 13.6. The Hall–Kier alpha value is -3.66. The van der Waals surface area contributed by atoms with Gasteiger partial charge in [-0.15, -0.1) is 0 Å². The van der Waals surface area contributed by atoms with E-state index in [1.165, 1.54) is 0 Å². The van der Waals surface area contributed by atoms with Gasteiger partial charge in [-0.25, -0.2) is 0 Å². The van der Waals surface area contributed by atoms with Crippen molar-refractivity contribution in [3.05, 3.63) is 113 Å². The average Bonchev–Trinajstić information content (AvgIpc) is 2.73. The van der Waals surface area contributed by atoms with Crippen molar-refractivity contribution >= 4 is 17.5 Å². The Morgan fingerprint density at radius 1 is 0.750 bits per heavy atom. The molecule has 1 aliphatic rings. The molecule has 3 aromatic carbocycles. The first kappa shape index (κ1) is 17.7. The SMILES string of the molecule is O=C(O)C1C=C(c2ccccc2)c2ccccc2C1(C(=O)O)c1ccccc1. The van der Waals surface area contributed by atoms with Crippen molar-refractivity contribution in [3.8, 4) is 0 Å². The van der Waals surface area contributed by atoms with Crippen molar-refractivity contribution in [3.63, 3.8) is 0 Å². The van der Waals surface area contributed by atoms with Gasteiger partial charge in [0.2, 0.25) is 0 Å². The number of carboxylic acids is 2. The number of hydrogen-bond donors (Lipinski definition) is 2. The van der Waals surface area contributed by atoms with Crippen molar-refractivity contribution in [2.24, 2.45) is 5.92 Å². The van der Waals surface area contributed by atoms with Crippen molar-refractivity contribution in [2.45, 2.75) is 5.41 Å². The van der Waals surface area contributed by atoms with Crippen molar-refractivity contribution in [1.29, 1.82) is 0 Å². The van der Waals surface area contributed by atoms with E-state index in [0.29, 0.717) is 11.1 Å². The predicted octanol–water partition coefficient (Wildman–Crippen LogP) is 4.20. The molecule has 0 spiro atoms. The molecule has 0 aromatic heterocycles. The molecule has 0 bridgehead atoms. The van der Waals surface area contributed by atoms with E-state index in [4.69, 9.17) is 0 Å². The Morgan fingerprint density at radius 2 is 1.32 bits per heavy atom. The lowest BCUT2D eigenvalue weighted by Crippen LogP contribution is -2.49. The third kappa shape index (κ3) is 2.54. The van der Waals surface area contributed by atoms with E-state index in [1.54, 1.807) is 48.5 Å². The van der Waals surface area contributed by atoms with Crippen LogP contribution in [0, 0.1) is 5.92 Å². The summed E-state index contributed by atoms with van der Waals surface area (Å²) in [5, 5.41) is 20.4. The Morgan fingerprint density at radius 3 is 1.93 bits per heavy atom. The molecule has 2 atom stereocenters. The van der Waals surface area contributed by atoms with E-state index in [-0.39, 0.29) is 0 Å². The highest BCUT2D eigenvalue weighted by molar-refractivity contribution is 6.00. The summed E-state index contributed by atoms with van der Waals surface area (Å²) < 4.78 is 0. The summed E-state index contributed by atoms with van der Waals surface area (Å²) in [6.45, 7) is 0. The molecule has 0 aliphatic heterocycles. The summed E-state index contributed by atoms with van der Waals surface area (Å²) in [5.41, 5.74) is 1.55. The molecule has 0 fully saturated rings. The van der Waals surface area contributed by atoms with Crippen LogP contribution in [0.2, 0.25) is 0 Å². The Kier molecular flexibility index (Phi) is 4.32. The molecular formula is C24H18O4. The molecule has 0 amide bonds. The lowest BCUT2D eigenvalue weighted by molar-refractivity contribution is -0.152. The van der Waals surface area contributed by atoms with Gasteiger partial charge in [-0.3, -0.25) is 9.59 Å². The fourth-order valence-corrected chi connectivity index (χ4v) is 4.14. The zero-order valence-corrected chi connectivity index (χ0v) is 14.9. The number of aliphatic carboxylic acids is 2. The van der Waals surface area contributed by atoms with Crippen LogP contribution < -0.4 is 0 Å². The lowest BCUT2D eigenvalue weighted by Gasteiger charge is -2.39. The van der Waals surface area contributed by atoms with E-state index in [2.05, 4.69) is 0 Å². The third-order valence-electron chi connectivity index (χ3n) is 5.36. The van der Waals surface area contributed by atoms with Crippen LogP contribution in [0.3, 0.4) is 0 Å². The van der Waals surface area contributed by atoms with Gasteiger partial charge in [0, 0.05) is 0 Å². The largest absolute Gasteiger partial charge is 0.481 e. The van der Waals surface area contributed by atoms with Crippen LogP contribution in [-0.2, 0) is 15.0 Å². The van der Waals surface area contributed by atoms with Crippen LogP contribution in [0.4, 0.5) is 0 Å². The maximum atomic E-state index is 12.7. The summed E-state index contributed by atoms with van der Waals surface area (Å²) in [7, 11) is 0. The van der Waals surface area contributed by atoms with Crippen LogP contribution in [0.25, 0.3) is 5.57 Å². The average molecular weight is 370 g/mol. The molecule has 0 saturated heterocycles. The lowest BCUT2D eigenvalue weighted by atomic mass is 9.60. The van der Waals surface area contributed by atoms with Gasteiger partial charge in [0.25, 0.3) is 0 Å².